The van der Waals surface area contributed by atoms with Gasteiger partial charge in [-0.3, -0.25) is 0 Å². The molecule has 0 fully saturated rings. The summed E-state index contributed by atoms with van der Waals surface area (Å²) in [5.41, 5.74) is 10.9. The third-order valence-electron chi connectivity index (χ3n) is 8.90. The zero-order chi connectivity index (χ0) is 29.0. The largest absolute Gasteiger partial charge is 0.324 e. The molecule has 206 valence electrons. The fourth-order valence-corrected chi connectivity index (χ4v) is 6.75. The Bertz CT molecular complexity index is 2070. The van der Waals surface area contributed by atoms with E-state index in [0.29, 0.717) is 0 Å². The number of hydrogen-bond acceptors (Lipinski definition) is 3. The summed E-state index contributed by atoms with van der Waals surface area (Å²) < 4.78 is 0. The van der Waals surface area contributed by atoms with Gasteiger partial charge in [-0.2, -0.15) is 0 Å². The van der Waals surface area contributed by atoms with E-state index in [1.54, 1.807) is 0 Å². The van der Waals surface area contributed by atoms with Gasteiger partial charge < -0.3 is 5.32 Å². The Morgan fingerprint density at radius 3 is 1.98 bits per heavy atom. The standard InChI is InChI=1S/C40H31N3/c1-40(2)33-23-12-11-22-32(33)36-34(40)25-28-18-9-10-21-31(28)35(36)29-19-13-20-30(24-29)39-42-37(26-14-5-3-6-15-26)41-38(43-39)27-16-7-4-8-17-27/h3-25,37H,1-2H3,(H,41,42,43). The molecule has 1 aliphatic heterocycles. The zero-order valence-electron chi connectivity index (χ0n) is 24.3. The van der Waals surface area contributed by atoms with Crippen LogP contribution in [-0.2, 0) is 5.41 Å². The van der Waals surface area contributed by atoms with E-state index >= 15 is 0 Å². The van der Waals surface area contributed by atoms with E-state index in [0.717, 1.165) is 28.4 Å². The maximum atomic E-state index is 5.14. The van der Waals surface area contributed by atoms with E-state index in [1.807, 2.05) is 36.4 Å². The van der Waals surface area contributed by atoms with Gasteiger partial charge >= 0.3 is 0 Å². The molecule has 1 heterocycles. The summed E-state index contributed by atoms with van der Waals surface area (Å²) in [5.74, 6) is 1.65. The van der Waals surface area contributed by atoms with Gasteiger partial charge in [-0.25, -0.2) is 9.98 Å². The van der Waals surface area contributed by atoms with Crippen molar-refractivity contribution in [3.05, 3.63) is 167 Å². The van der Waals surface area contributed by atoms with Gasteiger partial charge in [-0.1, -0.05) is 141 Å². The van der Waals surface area contributed by atoms with Crippen molar-refractivity contribution in [1.29, 1.82) is 0 Å². The number of nitrogens with zero attached hydrogens (tertiary/aromatic N) is 2. The van der Waals surface area contributed by atoms with Crippen LogP contribution in [0.2, 0.25) is 0 Å². The Morgan fingerprint density at radius 2 is 1.16 bits per heavy atom. The lowest BCUT2D eigenvalue weighted by molar-refractivity contribution is 0.661. The minimum atomic E-state index is -0.328. The van der Waals surface area contributed by atoms with Crippen LogP contribution in [0.3, 0.4) is 0 Å². The molecule has 1 atom stereocenters. The highest BCUT2D eigenvalue weighted by Gasteiger charge is 2.37. The van der Waals surface area contributed by atoms with E-state index in [-0.39, 0.29) is 11.6 Å². The first kappa shape index (κ1) is 25.4. The van der Waals surface area contributed by atoms with Crippen molar-refractivity contribution in [3.8, 4) is 22.3 Å². The molecule has 43 heavy (non-hydrogen) atoms. The number of rotatable bonds is 4. The van der Waals surface area contributed by atoms with Gasteiger partial charge in [0.15, 0.2) is 6.17 Å². The molecule has 2 aliphatic rings. The van der Waals surface area contributed by atoms with Crippen LogP contribution in [0.25, 0.3) is 33.0 Å². The van der Waals surface area contributed by atoms with Gasteiger partial charge in [0.25, 0.3) is 0 Å². The molecule has 1 aliphatic carbocycles. The second-order valence-corrected chi connectivity index (χ2v) is 11.9. The average Bonchev–Trinajstić information content (AvgIpc) is 3.30. The first-order chi connectivity index (χ1) is 21.1. The van der Waals surface area contributed by atoms with Crippen molar-refractivity contribution >= 4 is 22.4 Å². The Kier molecular flexibility index (Phi) is 5.87. The molecule has 0 amide bonds. The van der Waals surface area contributed by atoms with E-state index in [4.69, 9.17) is 9.98 Å². The van der Waals surface area contributed by atoms with Gasteiger partial charge in [-0.05, 0) is 61.8 Å². The van der Waals surface area contributed by atoms with Crippen molar-refractivity contribution < 1.29 is 0 Å². The van der Waals surface area contributed by atoms with E-state index < -0.39 is 0 Å². The Morgan fingerprint density at radius 1 is 0.535 bits per heavy atom. The third-order valence-corrected chi connectivity index (χ3v) is 8.90. The van der Waals surface area contributed by atoms with Crippen LogP contribution in [0.4, 0.5) is 0 Å². The van der Waals surface area contributed by atoms with Crippen LogP contribution >= 0.6 is 0 Å². The van der Waals surface area contributed by atoms with E-state index in [9.17, 15) is 0 Å². The third kappa shape index (κ3) is 4.20. The summed E-state index contributed by atoms with van der Waals surface area (Å²) in [6.45, 7) is 4.70. The molecule has 0 saturated carbocycles. The molecule has 0 aromatic heterocycles. The summed E-state index contributed by atoms with van der Waals surface area (Å²) >= 11 is 0. The number of nitrogens with one attached hydrogen (secondary N) is 1. The average molecular weight is 554 g/mol. The molecule has 0 radical (unpaired) electrons. The predicted molar refractivity (Wildman–Crippen MR) is 179 cm³/mol. The first-order valence-corrected chi connectivity index (χ1v) is 14.9. The highest BCUT2D eigenvalue weighted by atomic mass is 15.2. The Balaban J connectivity index is 1.32. The minimum Gasteiger partial charge on any atom is -0.324 e. The topological polar surface area (TPSA) is 36.8 Å². The SMILES string of the molecule is CC1(C)c2ccccc2-c2c1cc1ccccc1c2-c1cccc(C2=NC(c3ccccc3)N=C(c3ccccc3)N2)c1. The number of hydrogen-bond donors (Lipinski definition) is 1. The quantitative estimate of drug-likeness (QED) is 0.232. The lowest BCUT2D eigenvalue weighted by Crippen LogP contribution is -2.36. The summed E-state index contributed by atoms with van der Waals surface area (Å²) in [4.78, 5) is 10.2. The maximum Gasteiger partial charge on any atom is 0.169 e. The number of amidine groups is 2. The smallest absolute Gasteiger partial charge is 0.169 e. The van der Waals surface area contributed by atoms with Crippen LogP contribution < -0.4 is 5.32 Å². The lowest BCUT2D eigenvalue weighted by atomic mass is 9.80. The molecule has 0 bridgehead atoms. The van der Waals surface area contributed by atoms with Crippen LogP contribution in [0.5, 0.6) is 0 Å². The van der Waals surface area contributed by atoms with Gasteiger partial charge in [0, 0.05) is 16.5 Å². The number of fused-ring (bicyclic) bond motifs is 4. The molecule has 1 unspecified atom stereocenters. The highest BCUT2D eigenvalue weighted by molar-refractivity contribution is 6.16. The second-order valence-electron chi connectivity index (χ2n) is 11.9. The number of aliphatic imine (C=N–C) groups is 2. The van der Waals surface area contributed by atoms with Gasteiger partial charge in [-0.15, -0.1) is 0 Å². The van der Waals surface area contributed by atoms with Crippen molar-refractivity contribution in [2.75, 3.05) is 0 Å². The van der Waals surface area contributed by atoms with Crippen molar-refractivity contribution in [1.82, 2.24) is 5.32 Å². The molecule has 6 aromatic carbocycles. The van der Waals surface area contributed by atoms with Crippen LogP contribution in [-0.4, -0.2) is 11.7 Å². The van der Waals surface area contributed by atoms with Crippen LogP contribution in [0.15, 0.2) is 150 Å². The Labute approximate surface area is 252 Å². The van der Waals surface area contributed by atoms with Gasteiger partial charge in [0.2, 0.25) is 0 Å². The normalized spacial score (nSPS) is 16.6. The fourth-order valence-electron chi connectivity index (χ4n) is 6.75. The zero-order valence-corrected chi connectivity index (χ0v) is 24.3. The molecule has 3 heteroatoms. The summed E-state index contributed by atoms with van der Waals surface area (Å²) in [7, 11) is 0. The molecule has 1 N–H and O–H groups in total. The molecule has 8 rings (SSSR count). The monoisotopic (exact) mass is 553 g/mol. The summed E-state index contributed by atoms with van der Waals surface area (Å²) in [6, 6.07) is 49.5. The van der Waals surface area contributed by atoms with Gasteiger partial charge in [0.1, 0.15) is 11.7 Å². The predicted octanol–water partition coefficient (Wildman–Crippen LogP) is 9.31. The molecule has 0 saturated heterocycles. The molecular formula is C40H31N3. The van der Waals surface area contributed by atoms with E-state index in [2.05, 4.69) is 122 Å². The fraction of sp³-hybridized carbons (Fsp3) is 0.100. The van der Waals surface area contributed by atoms with Crippen LogP contribution in [0.1, 0.15) is 47.8 Å². The maximum absolute atomic E-state index is 5.14. The highest BCUT2D eigenvalue weighted by Crippen LogP contribution is 2.54. The molecule has 3 nitrogen and oxygen atoms in total. The van der Waals surface area contributed by atoms with Crippen molar-refractivity contribution in [3.63, 3.8) is 0 Å². The lowest BCUT2D eigenvalue weighted by Gasteiger charge is -2.24. The van der Waals surface area contributed by atoms with E-state index in [1.165, 1.54) is 44.2 Å². The van der Waals surface area contributed by atoms with Gasteiger partial charge in [0.05, 0.1) is 0 Å². The first-order valence-electron chi connectivity index (χ1n) is 14.9. The summed E-state index contributed by atoms with van der Waals surface area (Å²) in [6.07, 6.45) is -0.328. The molecule has 6 aromatic rings. The van der Waals surface area contributed by atoms with Crippen molar-refractivity contribution in [2.24, 2.45) is 9.98 Å². The summed E-state index contributed by atoms with van der Waals surface area (Å²) in [5, 5.41) is 6.11. The van der Waals surface area contributed by atoms with Crippen LogP contribution in [0, 0.1) is 0 Å². The second kappa shape index (κ2) is 9.92. The minimum absolute atomic E-state index is 0.0821. The molecular weight excluding hydrogens is 522 g/mol. The van der Waals surface area contributed by atoms with Crippen molar-refractivity contribution in [2.45, 2.75) is 25.4 Å². The molecule has 0 spiro atoms. The number of benzene rings is 6. The Hall–Kier alpha value is -5.28.